The standard InChI is InChI=1S/C29H24FN5O/c30-25-8-4-5-9-27(25)33-16-18-34(19-17-33)29(36)24-20-32-35-26(14-15-31-28(24)35)23-12-10-22(11-13-23)21-6-2-1-3-7-21/h1-15,20H,16-19H2. The molecule has 0 spiro atoms. The second-order valence-electron chi connectivity index (χ2n) is 8.80. The van der Waals surface area contributed by atoms with Gasteiger partial charge in [-0.1, -0.05) is 66.7 Å². The first-order valence-electron chi connectivity index (χ1n) is 12.0. The van der Waals surface area contributed by atoms with Gasteiger partial charge in [-0.05, 0) is 29.3 Å². The highest BCUT2D eigenvalue weighted by Crippen LogP contribution is 2.26. The van der Waals surface area contributed by atoms with Gasteiger partial charge in [-0.3, -0.25) is 4.79 Å². The Hall–Kier alpha value is -4.52. The van der Waals surface area contributed by atoms with E-state index in [4.69, 9.17) is 0 Å². The molecule has 0 saturated carbocycles. The Balaban J connectivity index is 1.23. The molecular formula is C29H24FN5O. The van der Waals surface area contributed by atoms with Crippen LogP contribution in [0.5, 0.6) is 0 Å². The van der Waals surface area contributed by atoms with E-state index in [1.54, 1.807) is 33.9 Å². The first-order valence-corrected chi connectivity index (χ1v) is 12.0. The van der Waals surface area contributed by atoms with Gasteiger partial charge in [0.15, 0.2) is 5.65 Å². The first-order chi connectivity index (χ1) is 17.7. The zero-order valence-electron chi connectivity index (χ0n) is 19.6. The molecule has 0 N–H and O–H groups in total. The van der Waals surface area contributed by atoms with E-state index in [-0.39, 0.29) is 11.7 Å². The topological polar surface area (TPSA) is 53.7 Å². The second kappa shape index (κ2) is 9.26. The Bertz CT molecular complexity index is 1520. The number of hydrogen-bond acceptors (Lipinski definition) is 4. The monoisotopic (exact) mass is 477 g/mol. The maximum Gasteiger partial charge on any atom is 0.259 e. The molecule has 6 nitrogen and oxygen atoms in total. The molecule has 5 aromatic rings. The van der Waals surface area contributed by atoms with E-state index in [1.807, 2.05) is 35.2 Å². The van der Waals surface area contributed by atoms with Crippen LogP contribution in [0.15, 0.2) is 97.3 Å². The molecule has 1 aliphatic heterocycles. The lowest BCUT2D eigenvalue weighted by molar-refractivity contribution is 0.0748. The summed E-state index contributed by atoms with van der Waals surface area (Å²) in [4.78, 5) is 21.6. The fourth-order valence-corrected chi connectivity index (χ4v) is 4.75. The van der Waals surface area contributed by atoms with Crippen LogP contribution in [0.3, 0.4) is 0 Å². The summed E-state index contributed by atoms with van der Waals surface area (Å²) < 4.78 is 15.9. The minimum atomic E-state index is -0.242. The number of fused-ring (bicyclic) bond motifs is 1. The van der Waals surface area contributed by atoms with Crippen LogP contribution in [0.25, 0.3) is 28.0 Å². The SMILES string of the molecule is O=C(c1cnn2c(-c3ccc(-c4ccccc4)cc3)ccnc12)N1CCN(c2ccccc2F)CC1. The number of para-hydroxylation sites is 1. The number of carbonyl (C=O) groups excluding carboxylic acids is 1. The Morgan fingerprint density at radius 2 is 1.42 bits per heavy atom. The summed E-state index contributed by atoms with van der Waals surface area (Å²) in [7, 11) is 0. The lowest BCUT2D eigenvalue weighted by Gasteiger charge is -2.36. The van der Waals surface area contributed by atoms with Crippen molar-refractivity contribution in [3.05, 3.63) is 109 Å². The highest BCUT2D eigenvalue weighted by Gasteiger charge is 2.26. The quantitative estimate of drug-likeness (QED) is 0.359. The number of rotatable bonds is 4. The smallest absolute Gasteiger partial charge is 0.259 e. The van der Waals surface area contributed by atoms with E-state index < -0.39 is 0 Å². The largest absolute Gasteiger partial charge is 0.366 e. The summed E-state index contributed by atoms with van der Waals surface area (Å²) in [5.74, 6) is -0.351. The molecule has 0 atom stereocenters. The molecule has 2 aromatic heterocycles. The van der Waals surface area contributed by atoms with Gasteiger partial charge in [0.1, 0.15) is 11.4 Å². The molecule has 3 heterocycles. The highest BCUT2D eigenvalue weighted by atomic mass is 19.1. The van der Waals surface area contributed by atoms with Crippen molar-refractivity contribution < 1.29 is 9.18 Å². The number of anilines is 1. The van der Waals surface area contributed by atoms with Gasteiger partial charge >= 0.3 is 0 Å². The van der Waals surface area contributed by atoms with Crippen molar-refractivity contribution >= 4 is 17.2 Å². The average molecular weight is 478 g/mol. The van der Waals surface area contributed by atoms with Crippen LogP contribution in [0, 0.1) is 5.82 Å². The Labute approximate surface area is 208 Å². The lowest BCUT2D eigenvalue weighted by atomic mass is 10.0. The Morgan fingerprint density at radius 1 is 0.750 bits per heavy atom. The third-order valence-electron chi connectivity index (χ3n) is 6.68. The number of halogens is 1. The summed E-state index contributed by atoms with van der Waals surface area (Å²) in [5, 5.41) is 4.51. The molecule has 6 rings (SSSR count). The molecule has 0 unspecified atom stereocenters. The number of hydrogen-bond donors (Lipinski definition) is 0. The van der Waals surface area contributed by atoms with Gasteiger partial charge in [-0.25, -0.2) is 13.9 Å². The molecule has 0 aliphatic carbocycles. The van der Waals surface area contributed by atoms with Gasteiger partial charge in [-0.15, -0.1) is 0 Å². The van der Waals surface area contributed by atoms with Crippen LogP contribution in [-0.4, -0.2) is 51.6 Å². The van der Waals surface area contributed by atoms with Gasteiger partial charge < -0.3 is 9.80 Å². The summed E-state index contributed by atoms with van der Waals surface area (Å²) in [6, 6.07) is 27.2. The molecule has 36 heavy (non-hydrogen) atoms. The molecule has 1 saturated heterocycles. The highest BCUT2D eigenvalue weighted by molar-refractivity contribution is 6.00. The average Bonchev–Trinajstić information content (AvgIpc) is 3.38. The van der Waals surface area contributed by atoms with Gasteiger partial charge in [0.25, 0.3) is 5.91 Å². The van der Waals surface area contributed by atoms with Crippen molar-refractivity contribution in [1.82, 2.24) is 19.5 Å². The van der Waals surface area contributed by atoms with Crippen molar-refractivity contribution in [1.29, 1.82) is 0 Å². The van der Waals surface area contributed by atoms with E-state index in [9.17, 15) is 9.18 Å². The Kier molecular flexibility index (Phi) is 5.65. The van der Waals surface area contributed by atoms with Gasteiger partial charge in [0.05, 0.1) is 17.6 Å². The van der Waals surface area contributed by atoms with Crippen molar-refractivity contribution in [3.8, 4) is 22.4 Å². The van der Waals surface area contributed by atoms with E-state index >= 15 is 0 Å². The predicted octanol–water partition coefficient (Wildman–Crippen LogP) is 5.16. The molecular weight excluding hydrogens is 453 g/mol. The molecule has 1 fully saturated rings. The predicted molar refractivity (Wildman–Crippen MR) is 138 cm³/mol. The van der Waals surface area contributed by atoms with Crippen LogP contribution in [-0.2, 0) is 0 Å². The zero-order chi connectivity index (χ0) is 24.5. The summed E-state index contributed by atoms with van der Waals surface area (Å²) in [5.41, 5.74) is 5.72. The fourth-order valence-electron chi connectivity index (χ4n) is 4.75. The summed E-state index contributed by atoms with van der Waals surface area (Å²) >= 11 is 0. The number of piperazine rings is 1. The second-order valence-corrected chi connectivity index (χ2v) is 8.80. The molecule has 1 aliphatic rings. The molecule has 1 amide bonds. The molecule has 7 heteroatoms. The van der Waals surface area contributed by atoms with E-state index in [1.165, 1.54) is 6.07 Å². The van der Waals surface area contributed by atoms with Crippen LogP contribution in [0.1, 0.15) is 10.4 Å². The minimum absolute atomic E-state index is 0.109. The number of carbonyl (C=O) groups is 1. The van der Waals surface area contributed by atoms with E-state index in [0.29, 0.717) is 43.1 Å². The van der Waals surface area contributed by atoms with Crippen molar-refractivity contribution in [3.63, 3.8) is 0 Å². The number of nitrogens with zero attached hydrogens (tertiary/aromatic N) is 5. The number of amides is 1. The normalized spacial score (nSPS) is 13.8. The molecule has 0 radical (unpaired) electrons. The van der Waals surface area contributed by atoms with Gasteiger partial charge in [-0.2, -0.15) is 5.10 Å². The molecule has 178 valence electrons. The number of aromatic nitrogens is 3. The maximum atomic E-state index is 14.2. The Morgan fingerprint density at radius 3 is 2.17 bits per heavy atom. The minimum Gasteiger partial charge on any atom is -0.366 e. The van der Waals surface area contributed by atoms with Gasteiger partial charge in [0, 0.05) is 37.9 Å². The van der Waals surface area contributed by atoms with Crippen molar-refractivity contribution in [2.75, 3.05) is 31.1 Å². The van der Waals surface area contributed by atoms with E-state index in [0.717, 1.165) is 22.4 Å². The summed E-state index contributed by atoms with van der Waals surface area (Å²) in [6.45, 7) is 2.15. The lowest BCUT2D eigenvalue weighted by Crippen LogP contribution is -2.49. The fraction of sp³-hybridized carbons (Fsp3) is 0.138. The van der Waals surface area contributed by atoms with Gasteiger partial charge in [0.2, 0.25) is 0 Å². The van der Waals surface area contributed by atoms with Crippen LogP contribution in [0.4, 0.5) is 10.1 Å². The molecule has 3 aromatic carbocycles. The first kappa shape index (κ1) is 22.0. The maximum absolute atomic E-state index is 14.2. The summed E-state index contributed by atoms with van der Waals surface area (Å²) in [6.07, 6.45) is 3.31. The third kappa shape index (κ3) is 3.98. The van der Waals surface area contributed by atoms with E-state index in [2.05, 4.69) is 46.5 Å². The van der Waals surface area contributed by atoms with Crippen LogP contribution < -0.4 is 4.90 Å². The van der Waals surface area contributed by atoms with Crippen LogP contribution >= 0.6 is 0 Å². The van der Waals surface area contributed by atoms with Crippen molar-refractivity contribution in [2.45, 2.75) is 0 Å². The van der Waals surface area contributed by atoms with Crippen LogP contribution in [0.2, 0.25) is 0 Å². The third-order valence-corrected chi connectivity index (χ3v) is 6.68. The van der Waals surface area contributed by atoms with Crippen molar-refractivity contribution in [2.24, 2.45) is 0 Å². The zero-order valence-corrected chi connectivity index (χ0v) is 19.6. The molecule has 0 bridgehead atoms. The number of benzene rings is 3.